The van der Waals surface area contributed by atoms with Gasteiger partial charge < -0.3 is 5.32 Å². The number of likely N-dealkylation sites (tertiary alicyclic amines) is 1. The summed E-state index contributed by atoms with van der Waals surface area (Å²) in [5.41, 5.74) is 0.372. The van der Waals surface area contributed by atoms with Crippen LogP contribution in [0.15, 0.2) is 18.2 Å². The highest BCUT2D eigenvalue weighted by atomic mass is 19.3. The molecule has 23 heavy (non-hydrogen) atoms. The van der Waals surface area contributed by atoms with E-state index in [0.29, 0.717) is 31.5 Å². The second kappa shape index (κ2) is 7.45. The van der Waals surface area contributed by atoms with Crippen molar-refractivity contribution in [2.45, 2.75) is 32.2 Å². The summed E-state index contributed by atoms with van der Waals surface area (Å²) >= 11 is 0. The molecule has 1 saturated heterocycles. The molecule has 0 saturated carbocycles. The molecule has 0 unspecified atom stereocenters. The molecule has 1 aromatic carbocycles. The molecule has 1 aromatic rings. The Bertz CT molecular complexity index is 587. The largest absolute Gasteiger partial charge is 0.349 e. The Hall–Kier alpha value is -2.09. The first kappa shape index (κ1) is 17.3. The van der Waals surface area contributed by atoms with E-state index in [-0.39, 0.29) is 23.8 Å². The lowest BCUT2D eigenvalue weighted by atomic mass is 10.0. The van der Waals surface area contributed by atoms with Crippen LogP contribution in [0.4, 0.5) is 14.5 Å². The molecule has 0 spiro atoms. The van der Waals surface area contributed by atoms with Gasteiger partial charge in [0, 0.05) is 25.2 Å². The number of piperidine rings is 1. The highest BCUT2D eigenvalue weighted by molar-refractivity contribution is 5.99. The number of nitro benzene ring substituents is 1. The van der Waals surface area contributed by atoms with Crippen molar-refractivity contribution in [3.05, 3.63) is 39.4 Å². The van der Waals surface area contributed by atoms with Crippen molar-refractivity contribution >= 4 is 11.6 Å². The summed E-state index contributed by atoms with van der Waals surface area (Å²) in [5, 5.41) is 13.9. The van der Waals surface area contributed by atoms with Crippen molar-refractivity contribution in [3.8, 4) is 0 Å². The van der Waals surface area contributed by atoms with Crippen LogP contribution in [0.2, 0.25) is 0 Å². The van der Waals surface area contributed by atoms with E-state index in [4.69, 9.17) is 0 Å². The van der Waals surface area contributed by atoms with E-state index in [9.17, 15) is 23.7 Å². The SMILES string of the molecule is Cc1cccc([N+](=O)[O-])c1C(=O)NC1CCN(CC(F)F)CC1. The molecule has 1 aliphatic heterocycles. The molecule has 1 N–H and O–H groups in total. The van der Waals surface area contributed by atoms with Crippen LogP contribution in [0.25, 0.3) is 0 Å². The van der Waals surface area contributed by atoms with E-state index < -0.39 is 17.3 Å². The predicted octanol–water partition coefficient (Wildman–Crippen LogP) is 2.36. The summed E-state index contributed by atoms with van der Waals surface area (Å²) < 4.78 is 24.7. The van der Waals surface area contributed by atoms with Crippen LogP contribution in [-0.2, 0) is 0 Å². The zero-order valence-corrected chi connectivity index (χ0v) is 12.8. The van der Waals surface area contributed by atoms with Gasteiger partial charge in [0.15, 0.2) is 0 Å². The van der Waals surface area contributed by atoms with Crippen LogP contribution in [0.5, 0.6) is 0 Å². The third-order valence-electron chi connectivity index (χ3n) is 3.99. The fraction of sp³-hybridized carbons (Fsp3) is 0.533. The summed E-state index contributed by atoms with van der Waals surface area (Å²) in [6.45, 7) is 2.34. The smallest absolute Gasteiger partial charge is 0.282 e. The molecule has 8 heteroatoms. The van der Waals surface area contributed by atoms with Gasteiger partial charge in [-0.1, -0.05) is 12.1 Å². The Morgan fingerprint density at radius 2 is 2.09 bits per heavy atom. The lowest BCUT2D eigenvalue weighted by Gasteiger charge is -2.32. The Labute approximate surface area is 132 Å². The number of rotatable bonds is 5. The number of aryl methyl sites for hydroxylation is 1. The zero-order valence-electron chi connectivity index (χ0n) is 12.8. The van der Waals surface area contributed by atoms with Gasteiger partial charge in [0.25, 0.3) is 18.0 Å². The summed E-state index contributed by atoms with van der Waals surface area (Å²) in [6.07, 6.45) is -1.26. The van der Waals surface area contributed by atoms with Crippen molar-refractivity contribution in [2.24, 2.45) is 0 Å². The van der Waals surface area contributed by atoms with Gasteiger partial charge in [-0.3, -0.25) is 19.8 Å². The van der Waals surface area contributed by atoms with Gasteiger partial charge in [-0.2, -0.15) is 0 Å². The number of benzene rings is 1. The van der Waals surface area contributed by atoms with Gasteiger partial charge in [-0.15, -0.1) is 0 Å². The molecule has 2 rings (SSSR count). The highest BCUT2D eigenvalue weighted by Gasteiger charge is 2.26. The lowest BCUT2D eigenvalue weighted by Crippen LogP contribution is -2.46. The third-order valence-corrected chi connectivity index (χ3v) is 3.99. The fourth-order valence-corrected chi connectivity index (χ4v) is 2.81. The van der Waals surface area contributed by atoms with Crippen LogP contribution >= 0.6 is 0 Å². The molecule has 0 bridgehead atoms. The molecule has 0 atom stereocenters. The minimum Gasteiger partial charge on any atom is -0.349 e. The van der Waals surface area contributed by atoms with Crippen LogP contribution in [0, 0.1) is 17.0 Å². The molecule has 1 aliphatic rings. The van der Waals surface area contributed by atoms with Gasteiger partial charge in [-0.25, -0.2) is 8.78 Å². The number of alkyl halides is 2. The second-order valence-electron chi connectivity index (χ2n) is 5.67. The van der Waals surface area contributed by atoms with Crippen molar-refractivity contribution in [2.75, 3.05) is 19.6 Å². The Morgan fingerprint density at radius 1 is 1.43 bits per heavy atom. The minimum atomic E-state index is -2.37. The van der Waals surface area contributed by atoms with Crippen molar-refractivity contribution in [3.63, 3.8) is 0 Å². The molecule has 126 valence electrons. The van der Waals surface area contributed by atoms with Crippen LogP contribution in [0.3, 0.4) is 0 Å². The first-order valence-corrected chi connectivity index (χ1v) is 7.44. The average molecular weight is 327 g/mol. The number of nitrogens with zero attached hydrogens (tertiary/aromatic N) is 2. The number of nitrogens with one attached hydrogen (secondary N) is 1. The number of carbonyl (C=O) groups is 1. The molecule has 6 nitrogen and oxygen atoms in total. The number of hydrogen-bond acceptors (Lipinski definition) is 4. The molecule has 1 amide bonds. The first-order valence-electron chi connectivity index (χ1n) is 7.44. The molecule has 0 radical (unpaired) electrons. The maximum Gasteiger partial charge on any atom is 0.282 e. The summed E-state index contributed by atoms with van der Waals surface area (Å²) in [6, 6.07) is 4.32. The van der Waals surface area contributed by atoms with Crippen molar-refractivity contribution < 1.29 is 18.5 Å². The Morgan fingerprint density at radius 3 is 2.65 bits per heavy atom. The van der Waals surface area contributed by atoms with E-state index in [1.807, 2.05) is 0 Å². The van der Waals surface area contributed by atoms with Gasteiger partial charge in [0.05, 0.1) is 11.5 Å². The van der Waals surface area contributed by atoms with Gasteiger partial charge in [-0.05, 0) is 25.3 Å². The molecule has 1 heterocycles. The normalized spacial score (nSPS) is 16.5. The number of hydrogen-bond donors (Lipinski definition) is 1. The van der Waals surface area contributed by atoms with E-state index in [1.165, 1.54) is 12.1 Å². The maximum absolute atomic E-state index is 12.4. The average Bonchev–Trinajstić information content (AvgIpc) is 2.48. The maximum atomic E-state index is 12.4. The Kier molecular flexibility index (Phi) is 5.59. The standard InChI is InChI=1S/C15H19F2N3O3/c1-10-3-2-4-12(20(22)23)14(10)15(21)18-11-5-7-19(8-6-11)9-13(16)17/h2-4,11,13H,5-9H2,1H3,(H,18,21). The molecular weight excluding hydrogens is 308 g/mol. The summed E-state index contributed by atoms with van der Waals surface area (Å²) in [4.78, 5) is 24.5. The monoisotopic (exact) mass is 327 g/mol. The summed E-state index contributed by atoms with van der Waals surface area (Å²) in [7, 11) is 0. The topological polar surface area (TPSA) is 75.5 Å². The van der Waals surface area contributed by atoms with Gasteiger partial charge >= 0.3 is 0 Å². The second-order valence-corrected chi connectivity index (χ2v) is 5.67. The highest BCUT2D eigenvalue weighted by Crippen LogP contribution is 2.22. The minimum absolute atomic E-state index is 0.0625. The van der Waals surface area contributed by atoms with Gasteiger partial charge in [0.2, 0.25) is 0 Å². The van der Waals surface area contributed by atoms with Crippen LogP contribution in [-0.4, -0.2) is 47.8 Å². The van der Waals surface area contributed by atoms with E-state index in [1.54, 1.807) is 17.9 Å². The number of carbonyl (C=O) groups excluding carboxylic acids is 1. The Balaban J connectivity index is 2.00. The lowest BCUT2D eigenvalue weighted by molar-refractivity contribution is -0.385. The van der Waals surface area contributed by atoms with E-state index >= 15 is 0 Å². The predicted molar refractivity (Wildman–Crippen MR) is 80.8 cm³/mol. The van der Waals surface area contributed by atoms with Crippen LogP contribution in [0.1, 0.15) is 28.8 Å². The van der Waals surface area contributed by atoms with E-state index in [2.05, 4.69) is 5.32 Å². The number of amides is 1. The van der Waals surface area contributed by atoms with Crippen molar-refractivity contribution in [1.82, 2.24) is 10.2 Å². The zero-order chi connectivity index (χ0) is 17.0. The van der Waals surface area contributed by atoms with Crippen molar-refractivity contribution in [1.29, 1.82) is 0 Å². The first-order chi connectivity index (χ1) is 10.9. The molecule has 0 aromatic heterocycles. The number of halogens is 2. The number of nitro groups is 1. The molecule has 1 fully saturated rings. The van der Waals surface area contributed by atoms with Crippen LogP contribution < -0.4 is 5.32 Å². The van der Waals surface area contributed by atoms with Gasteiger partial charge in [0.1, 0.15) is 5.56 Å². The molecule has 0 aliphatic carbocycles. The third kappa shape index (κ3) is 4.44. The molecular formula is C15H19F2N3O3. The fourth-order valence-electron chi connectivity index (χ4n) is 2.81. The van der Waals surface area contributed by atoms with E-state index in [0.717, 1.165) is 0 Å². The quantitative estimate of drug-likeness (QED) is 0.665. The summed E-state index contributed by atoms with van der Waals surface area (Å²) in [5.74, 6) is -0.484.